The summed E-state index contributed by atoms with van der Waals surface area (Å²) in [4.78, 5) is 2.35. The molecule has 3 nitrogen and oxygen atoms in total. The second-order valence-corrected chi connectivity index (χ2v) is 6.23. The van der Waals surface area contributed by atoms with Crippen LogP contribution in [0.15, 0.2) is 59.7 Å². The molecule has 3 aromatic carbocycles. The van der Waals surface area contributed by atoms with E-state index in [0.717, 1.165) is 26.2 Å². The molecule has 0 aromatic heterocycles. The van der Waals surface area contributed by atoms with Crippen LogP contribution in [0.3, 0.4) is 0 Å². The average molecular weight is 303 g/mol. The third-order valence-corrected chi connectivity index (χ3v) is 4.64. The topological polar surface area (TPSA) is 18.8 Å². The average Bonchev–Trinajstić information content (AvgIpc) is 2.60. The smallest absolute Gasteiger partial charge is 0.0555 e. The van der Waals surface area contributed by atoms with Crippen molar-refractivity contribution >= 4 is 27.8 Å². The summed E-state index contributed by atoms with van der Waals surface area (Å²) in [6, 6.07) is 19.4. The van der Waals surface area contributed by atoms with Crippen LogP contribution < -0.4 is 0 Å². The van der Waals surface area contributed by atoms with E-state index >= 15 is 0 Å². The van der Waals surface area contributed by atoms with Crippen molar-refractivity contribution in [3.8, 4) is 0 Å². The van der Waals surface area contributed by atoms with E-state index < -0.39 is 0 Å². The number of nitrogens with zero attached hydrogens (tertiary/aromatic N) is 3. The highest BCUT2D eigenvalue weighted by atomic mass is 15.5. The Morgan fingerprint density at radius 1 is 0.826 bits per heavy atom. The van der Waals surface area contributed by atoms with Crippen LogP contribution in [0.5, 0.6) is 0 Å². The lowest BCUT2D eigenvalue weighted by Gasteiger charge is -2.30. The molecule has 0 radical (unpaired) electrons. The van der Waals surface area contributed by atoms with E-state index in [1.165, 1.54) is 27.1 Å². The molecule has 1 aliphatic heterocycles. The van der Waals surface area contributed by atoms with E-state index in [-0.39, 0.29) is 0 Å². The number of fused-ring (bicyclic) bond motifs is 2. The fourth-order valence-electron chi connectivity index (χ4n) is 3.24. The molecule has 0 unspecified atom stereocenters. The lowest BCUT2D eigenvalue weighted by atomic mass is 9.97. The number of likely N-dealkylation sites (N-methyl/N-ethyl adjacent to an activating group) is 1. The Morgan fingerprint density at radius 2 is 1.39 bits per heavy atom. The summed E-state index contributed by atoms with van der Waals surface area (Å²) < 4.78 is 0. The van der Waals surface area contributed by atoms with E-state index in [4.69, 9.17) is 5.10 Å². The first-order valence-electron chi connectivity index (χ1n) is 8.19. The predicted octanol–water partition coefficient (Wildman–Crippen LogP) is 3.57. The van der Waals surface area contributed by atoms with Crippen LogP contribution in [-0.2, 0) is 0 Å². The summed E-state index contributed by atoms with van der Waals surface area (Å²) in [5, 5.41) is 12.0. The van der Waals surface area contributed by atoms with E-state index in [1.807, 2.05) is 0 Å². The molecule has 0 spiro atoms. The number of benzene rings is 3. The maximum atomic E-state index is 4.77. The van der Waals surface area contributed by atoms with Crippen molar-refractivity contribution in [2.24, 2.45) is 5.10 Å². The van der Waals surface area contributed by atoms with Gasteiger partial charge in [0.2, 0.25) is 0 Å². The van der Waals surface area contributed by atoms with Gasteiger partial charge in [0.15, 0.2) is 0 Å². The van der Waals surface area contributed by atoms with Crippen molar-refractivity contribution in [2.45, 2.75) is 0 Å². The van der Waals surface area contributed by atoms with Crippen LogP contribution in [0, 0.1) is 0 Å². The van der Waals surface area contributed by atoms with Crippen LogP contribution in [0.25, 0.3) is 21.5 Å². The lowest BCUT2D eigenvalue weighted by Crippen LogP contribution is -2.41. The fourth-order valence-corrected chi connectivity index (χ4v) is 3.24. The van der Waals surface area contributed by atoms with E-state index in [1.54, 1.807) is 0 Å². The molecular formula is C20H21N3. The SMILES string of the molecule is CN1CCN(N=Cc2c3ccccc3cc3ccccc23)CC1. The minimum absolute atomic E-state index is 0.996. The Balaban J connectivity index is 1.80. The van der Waals surface area contributed by atoms with E-state index in [2.05, 4.69) is 77.8 Å². The Bertz CT molecular complexity index is 807. The molecule has 1 saturated heterocycles. The predicted molar refractivity (Wildman–Crippen MR) is 98.1 cm³/mol. The van der Waals surface area contributed by atoms with Gasteiger partial charge in [-0.2, -0.15) is 5.10 Å². The molecule has 3 heteroatoms. The summed E-state index contributed by atoms with van der Waals surface area (Å²) in [5.74, 6) is 0. The van der Waals surface area contributed by atoms with Gasteiger partial charge in [0.1, 0.15) is 0 Å². The van der Waals surface area contributed by atoms with Gasteiger partial charge in [-0.25, -0.2) is 0 Å². The van der Waals surface area contributed by atoms with Crippen molar-refractivity contribution < 1.29 is 0 Å². The van der Waals surface area contributed by atoms with Crippen LogP contribution in [0.1, 0.15) is 5.56 Å². The molecule has 0 saturated carbocycles. The highest BCUT2D eigenvalue weighted by Crippen LogP contribution is 2.27. The maximum absolute atomic E-state index is 4.77. The zero-order valence-electron chi connectivity index (χ0n) is 13.4. The molecule has 0 atom stereocenters. The van der Waals surface area contributed by atoms with Gasteiger partial charge in [-0.3, -0.25) is 5.01 Å². The Hall–Kier alpha value is -2.39. The number of hydrazone groups is 1. The molecule has 0 aliphatic carbocycles. The van der Waals surface area contributed by atoms with Crippen LogP contribution in [0.4, 0.5) is 0 Å². The van der Waals surface area contributed by atoms with Crippen molar-refractivity contribution in [1.82, 2.24) is 9.91 Å². The molecule has 0 bridgehead atoms. The Kier molecular flexibility index (Phi) is 3.72. The molecule has 1 heterocycles. The van der Waals surface area contributed by atoms with Crippen LogP contribution >= 0.6 is 0 Å². The van der Waals surface area contributed by atoms with Gasteiger partial charge < -0.3 is 4.90 Å². The van der Waals surface area contributed by atoms with Crippen LogP contribution in [0.2, 0.25) is 0 Å². The lowest BCUT2D eigenvalue weighted by molar-refractivity contribution is 0.159. The molecule has 1 aliphatic rings. The monoisotopic (exact) mass is 303 g/mol. The second kappa shape index (κ2) is 6.01. The van der Waals surface area contributed by atoms with Crippen molar-refractivity contribution in [3.63, 3.8) is 0 Å². The quantitative estimate of drug-likeness (QED) is 0.532. The summed E-state index contributed by atoms with van der Waals surface area (Å²) in [6.07, 6.45) is 2.05. The minimum Gasteiger partial charge on any atom is -0.303 e. The zero-order chi connectivity index (χ0) is 15.6. The van der Waals surface area contributed by atoms with Gasteiger partial charge in [-0.1, -0.05) is 48.5 Å². The Labute approximate surface area is 136 Å². The molecule has 23 heavy (non-hydrogen) atoms. The summed E-state index contributed by atoms with van der Waals surface area (Å²) in [5.41, 5.74) is 1.22. The third kappa shape index (κ3) is 2.80. The molecule has 0 N–H and O–H groups in total. The maximum Gasteiger partial charge on any atom is 0.0555 e. The standard InChI is InChI=1S/C20H21N3/c1-22-10-12-23(13-11-22)21-15-20-18-8-4-2-6-16(18)14-17-7-3-5-9-19(17)20/h2-9,14-15H,10-13H2,1H3. The number of hydrogen-bond acceptors (Lipinski definition) is 3. The fraction of sp³-hybridized carbons (Fsp3) is 0.250. The first kappa shape index (κ1) is 14.2. The summed E-state index contributed by atoms with van der Waals surface area (Å²) >= 11 is 0. The number of piperazine rings is 1. The molecule has 3 aromatic rings. The highest BCUT2D eigenvalue weighted by Gasteiger charge is 2.11. The number of rotatable bonds is 2. The first-order chi connectivity index (χ1) is 11.3. The highest BCUT2D eigenvalue weighted by molar-refractivity contribution is 6.13. The summed E-state index contributed by atoms with van der Waals surface area (Å²) in [7, 11) is 2.17. The minimum atomic E-state index is 0.996. The molecular weight excluding hydrogens is 282 g/mol. The largest absolute Gasteiger partial charge is 0.303 e. The summed E-state index contributed by atoms with van der Waals surface area (Å²) in [6.45, 7) is 4.15. The number of hydrogen-bond donors (Lipinski definition) is 0. The van der Waals surface area contributed by atoms with E-state index in [9.17, 15) is 0 Å². The zero-order valence-corrected chi connectivity index (χ0v) is 13.4. The van der Waals surface area contributed by atoms with Crippen LogP contribution in [-0.4, -0.2) is 49.4 Å². The second-order valence-electron chi connectivity index (χ2n) is 6.23. The Morgan fingerprint density at radius 3 is 2.00 bits per heavy atom. The molecule has 4 rings (SSSR count). The van der Waals surface area contributed by atoms with Gasteiger partial charge in [0.05, 0.1) is 6.21 Å². The van der Waals surface area contributed by atoms with E-state index in [0.29, 0.717) is 0 Å². The molecule has 116 valence electrons. The third-order valence-electron chi connectivity index (χ3n) is 4.64. The van der Waals surface area contributed by atoms with Gasteiger partial charge in [-0.15, -0.1) is 0 Å². The van der Waals surface area contributed by atoms with Gasteiger partial charge in [-0.05, 0) is 34.7 Å². The molecule has 1 fully saturated rings. The van der Waals surface area contributed by atoms with Crippen molar-refractivity contribution in [1.29, 1.82) is 0 Å². The van der Waals surface area contributed by atoms with Gasteiger partial charge >= 0.3 is 0 Å². The van der Waals surface area contributed by atoms with Gasteiger partial charge in [0, 0.05) is 31.7 Å². The first-order valence-corrected chi connectivity index (χ1v) is 8.19. The van der Waals surface area contributed by atoms with Crippen molar-refractivity contribution in [3.05, 3.63) is 60.2 Å². The normalized spacial score (nSPS) is 16.7. The molecule has 0 amide bonds. The van der Waals surface area contributed by atoms with Crippen molar-refractivity contribution in [2.75, 3.05) is 33.2 Å². The van der Waals surface area contributed by atoms with Gasteiger partial charge in [0.25, 0.3) is 0 Å².